The first-order valence-corrected chi connectivity index (χ1v) is 12.5. The fourth-order valence-corrected chi connectivity index (χ4v) is 6.10. The summed E-state index contributed by atoms with van der Waals surface area (Å²) in [5.74, 6) is 2.01. The Bertz CT molecular complexity index is 1130. The van der Waals surface area contributed by atoms with Crippen molar-refractivity contribution in [2.75, 3.05) is 11.1 Å². The number of aromatic nitrogens is 2. The zero-order valence-electron chi connectivity index (χ0n) is 17.5. The summed E-state index contributed by atoms with van der Waals surface area (Å²) in [4.78, 5) is 34.9. The van der Waals surface area contributed by atoms with E-state index in [-0.39, 0.29) is 11.5 Å². The van der Waals surface area contributed by atoms with Crippen LogP contribution >= 0.6 is 23.1 Å². The van der Waals surface area contributed by atoms with Gasteiger partial charge in [-0.2, -0.15) is 11.8 Å². The van der Waals surface area contributed by atoms with E-state index in [4.69, 9.17) is 4.98 Å². The molecular formula is C23H27N3O2S2. The normalized spacial score (nSPS) is 13.4. The van der Waals surface area contributed by atoms with Crippen LogP contribution in [-0.2, 0) is 29.8 Å². The largest absolute Gasteiger partial charge is 0.326 e. The fourth-order valence-electron chi connectivity index (χ4n) is 4.01. The maximum atomic E-state index is 12.6. The lowest BCUT2D eigenvalue weighted by atomic mass is 9.97. The highest BCUT2D eigenvalue weighted by molar-refractivity contribution is 7.98. The number of thiophene rings is 1. The molecule has 0 fully saturated rings. The summed E-state index contributed by atoms with van der Waals surface area (Å²) in [5.41, 5.74) is 4.38. The van der Waals surface area contributed by atoms with E-state index in [2.05, 4.69) is 23.3 Å². The molecule has 2 aromatic heterocycles. The summed E-state index contributed by atoms with van der Waals surface area (Å²) in [6, 6.07) is 6.09. The number of para-hydroxylation sites is 1. The Morgan fingerprint density at radius 3 is 2.97 bits per heavy atom. The van der Waals surface area contributed by atoms with Crippen molar-refractivity contribution < 1.29 is 4.79 Å². The highest BCUT2D eigenvalue weighted by atomic mass is 32.2. The van der Waals surface area contributed by atoms with Gasteiger partial charge in [-0.1, -0.05) is 25.1 Å². The van der Waals surface area contributed by atoms with E-state index in [1.807, 2.05) is 19.1 Å². The molecule has 1 aliphatic carbocycles. The number of hydrogen-bond donors (Lipinski definition) is 2. The average molecular weight is 442 g/mol. The topological polar surface area (TPSA) is 74.8 Å². The van der Waals surface area contributed by atoms with Crippen molar-refractivity contribution in [2.24, 2.45) is 0 Å². The van der Waals surface area contributed by atoms with Crippen LogP contribution in [0.5, 0.6) is 0 Å². The molecule has 30 heavy (non-hydrogen) atoms. The third-order valence-corrected chi connectivity index (χ3v) is 7.75. The molecule has 0 bridgehead atoms. The lowest BCUT2D eigenvalue weighted by Gasteiger charge is -2.12. The number of thioether (sulfide) groups is 1. The van der Waals surface area contributed by atoms with Crippen LogP contribution in [0.2, 0.25) is 0 Å². The van der Waals surface area contributed by atoms with Crippen LogP contribution in [0.25, 0.3) is 10.2 Å². The molecule has 4 rings (SSSR count). The summed E-state index contributed by atoms with van der Waals surface area (Å²) in [6.07, 6.45) is 5.73. The standard InChI is InChI=1S/C23H27N3O2S2/c1-3-15-8-6-7-14(2)21(15)26-19(27)11-12-29-13-18-24-22(28)20-16-9-4-5-10-17(16)30-23(20)25-18/h6-8H,3-5,9-13H2,1-2H3,(H,26,27)(H,24,25,28). The van der Waals surface area contributed by atoms with Gasteiger partial charge in [0.15, 0.2) is 0 Å². The molecule has 0 unspecified atom stereocenters. The molecule has 0 atom stereocenters. The molecule has 0 saturated carbocycles. The molecule has 1 aromatic carbocycles. The van der Waals surface area contributed by atoms with Gasteiger partial charge in [0.25, 0.3) is 5.56 Å². The molecule has 0 aliphatic heterocycles. The van der Waals surface area contributed by atoms with Gasteiger partial charge >= 0.3 is 0 Å². The SMILES string of the molecule is CCc1cccc(C)c1NC(=O)CCSCc1nc2sc3c(c2c(=O)[nH]1)CCCC3. The van der Waals surface area contributed by atoms with Crippen LogP contribution in [0.4, 0.5) is 5.69 Å². The van der Waals surface area contributed by atoms with Crippen molar-refractivity contribution in [1.82, 2.24) is 9.97 Å². The lowest BCUT2D eigenvalue weighted by molar-refractivity contribution is -0.115. The first kappa shape index (κ1) is 21.1. The Hall–Kier alpha value is -2.12. The number of hydrogen-bond acceptors (Lipinski definition) is 5. The number of H-pyrrole nitrogens is 1. The highest BCUT2D eigenvalue weighted by Gasteiger charge is 2.19. The third kappa shape index (κ3) is 4.47. The minimum atomic E-state index is -0.0145. The number of carbonyl (C=O) groups is 1. The highest BCUT2D eigenvalue weighted by Crippen LogP contribution is 2.33. The van der Waals surface area contributed by atoms with Crippen molar-refractivity contribution in [1.29, 1.82) is 0 Å². The molecule has 7 heteroatoms. The number of rotatable bonds is 7. The van der Waals surface area contributed by atoms with Gasteiger partial charge in [0.1, 0.15) is 10.7 Å². The third-order valence-electron chi connectivity index (χ3n) is 5.59. The van der Waals surface area contributed by atoms with Gasteiger partial charge in [-0.15, -0.1) is 11.3 Å². The number of aryl methyl sites for hydroxylation is 4. The van der Waals surface area contributed by atoms with E-state index >= 15 is 0 Å². The maximum absolute atomic E-state index is 12.6. The minimum Gasteiger partial charge on any atom is -0.326 e. The van der Waals surface area contributed by atoms with E-state index in [0.717, 1.165) is 52.7 Å². The van der Waals surface area contributed by atoms with Crippen molar-refractivity contribution in [2.45, 2.75) is 58.1 Å². The van der Waals surface area contributed by atoms with Gasteiger partial charge in [-0.3, -0.25) is 9.59 Å². The number of nitrogens with zero attached hydrogens (tertiary/aromatic N) is 1. The number of fused-ring (bicyclic) bond motifs is 3. The molecule has 3 aromatic rings. The van der Waals surface area contributed by atoms with Gasteiger partial charge in [0, 0.05) is 22.7 Å². The first-order valence-electron chi connectivity index (χ1n) is 10.6. The molecule has 0 saturated heterocycles. The quantitative estimate of drug-likeness (QED) is 0.506. The minimum absolute atomic E-state index is 0.0145. The zero-order chi connectivity index (χ0) is 21.1. The average Bonchev–Trinajstić information content (AvgIpc) is 3.11. The lowest BCUT2D eigenvalue weighted by Crippen LogP contribution is -2.15. The Labute approximate surface area is 184 Å². The summed E-state index contributed by atoms with van der Waals surface area (Å²) in [6.45, 7) is 4.11. The number of benzene rings is 1. The van der Waals surface area contributed by atoms with Gasteiger partial charge in [0.05, 0.1) is 11.1 Å². The van der Waals surface area contributed by atoms with E-state index < -0.39 is 0 Å². The van der Waals surface area contributed by atoms with Crippen molar-refractivity contribution >= 4 is 44.9 Å². The predicted octanol–water partition coefficient (Wildman–Crippen LogP) is 5.00. The van der Waals surface area contributed by atoms with Crippen molar-refractivity contribution in [3.05, 3.63) is 55.9 Å². The summed E-state index contributed by atoms with van der Waals surface area (Å²) in [7, 11) is 0. The van der Waals surface area contributed by atoms with Crippen LogP contribution in [0.1, 0.15) is 53.6 Å². The number of nitrogens with one attached hydrogen (secondary N) is 2. The van der Waals surface area contributed by atoms with Crippen LogP contribution in [0, 0.1) is 6.92 Å². The van der Waals surface area contributed by atoms with Gasteiger partial charge in [-0.05, 0) is 55.7 Å². The molecule has 158 valence electrons. The van der Waals surface area contributed by atoms with Gasteiger partial charge in [0.2, 0.25) is 5.91 Å². The zero-order valence-corrected chi connectivity index (χ0v) is 19.1. The molecule has 1 amide bonds. The number of amides is 1. The molecule has 5 nitrogen and oxygen atoms in total. The monoisotopic (exact) mass is 441 g/mol. The van der Waals surface area contributed by atoms with Crippen LogP contribution < -0.4 is 10.9 Å². The molecule has 1 aliphatic rings. The van der Waals surface area contributed by atoms with Crippen LogP contribution in [0.3, 0.4) is 0 Å². The molecular weight excluding hydrogens is 414 g/mol. The smallest absolute Gasteiger partial charge is 0.259 e. The van der Waals surface area contributed by atoms with Gasteiger partial charge in [-0.25, -0.2) is 4.98 Å². The van der Waals surface area contributed by atoms with E-state index in [1.54, 1.807) is 23.1 Å². The molecule has 2 heterocycles. The molecule has 0 spiro atoms. The van der Waals surface area contributed by atoms with Crippen LogP contribution in [0.15, 0.2) is 23.0 Å². The van der Waals surface area contributed by atoms with Crippen molar-refractivity contribution in [3.63, 3.8) is 0 Å². The Kier molecular flexibility index (Phi) is 6.58. The summed E-state index contributed by atoms with van der Waals surface area (Å²) >= 11 is 3.30. The van der Waals surface area contributed by atoms with Gasteiger partial charge < -0.3 is 10.3 Å². The maximum Gasteiger partial charge on any atom is 0.259 e. The number of carbonyl (C=O) groups excluding carboxylic acids is 1. The second kappa shape index (κ2) is 9.35. The predicted molar refractivity (Wildman–Crippen MR) is 127 cm³/mol. The molecule has 0 radical (unpaired) electrons. The number of aromatic amines is 1. The second-order valence-corrected chi connectivity index (χ2v) is 9.91. The second-order valence-electron chi connectivity index (χ2n) is 7.72. The number of anilines is 1. The van der Waals surface area contributed by atoms with E-state index in [9.17, 15) is 9.59 Å². The summed E-state index contributed by atoms with van der Waals surface area (Å²) in [5, 5.41) is 3.86. The summed E-state index contributed by atoms with van der Waals surface area (Å²) < 4.78 is 0. The first-order chi connectivity index (χ1) is 14.6. The van der Waals surface area contributed by atoms with E-state index in [1.165, 1.54) is 16.9 Å². The van der Waals surface area contributed by atoms with Crippen LogP contribution in [-0.4, -0.2) is 21.6 Å². The Morgan fingerprint density at radius 1 is 1.30 bits per heavy atom. The van der Waals surface area contributed by atoms with Crippen molar-refractivity contribution in [3.8, 4) is 0 Å². The Morgan fingerprint density at radius 2 is 2.13 bits per heavy atom. The Balaban J connectivity index is 1.34. The van der Waals surface area contributed by atoms with E-state index in [0.29, 0.717) is 23.8 Å². The molecule has 2 N–H and O–H groups in total. The fraction of sp³-hybridized carbons (Fsp3) is 0.435.